The molecule has 0 atom stereocenters. The number of carbonyl (C=O) groups excluding carboxylic acids is 2. The van der Waals surface area contributed by atoms with E-state index in [1.807, 2.05) is 31.2 Å². The second-order valence-electron chi connectivity index (χ2n) is 7.45. The van der Waals surface area contributed by atoms with Crippen LogP contribution in [0.25, 0.3) is 0 Å². The van der Waals surface area contributed by atoms with Crippen LogP contribution in [0.1, 0.15) is 36.6 Å². The fourth-order valence-electron chi connectivity index (χ4n) is 3.05. The van der Waals surface area contributed by atoms with Gasteiger partial charge in [-0.3, -0.25) is 14.5 Å². The number of halogens is 3. The van der Waals surface area contributed by atoms with Gasteiger partial charge in [0.05, 0.1) is 23.6 Å². The molecule has 0 aliphatic rings. The van der Waals surface area contributed by atoms with Gasteiger partial charge < -0.3 is 9.47 Å². The van der Waals surface area contributed by atoms with E-state index in [9.17, 15) is 22.8 Å². The van der Waals surface area contributed by atoms with E-state index in [2.05, 4.69) is 4.98 Å². The van der Waals surface area contributed by atoms with Gasteiger partial charge >= 0.3 is 12.1 Å². The van der Waals surface area contributed by atoms with E-state index in [1.54, 1.807) is 5.38 Å². The highest BCUT2D eigenvalue weighted by Gasteiger charge is 2.31. The molecule has 2 aromatic carbocycles. The molecule has 0 radical (unpaired) electrons. The summed E-state index contributed by atoms with van der Waals surface area (Å²) in [5.74, 6) is -0.186. The monoisotopic (exact) mass is 492 g/mol. The lowest BCUT2D eigenvalue weighted by atomic mass is 10.2. The molecule has 180 valence electrons. The average molecular weight is 493 g/mol. The van der Waals surface area contributed by atoms with Crippen LogP contribution in [-0.4, -0.2) is 23.5 Å². The number of anilines is 2. The first-order chi connectivity index (χ1) is 16.1. The number of nitrogens with zero attached hydrogens (tertiary/aromatic N) is 2. The van der Waals surface area contributed by atoms with Crippen LogP contribution in [0.5, 0.6) is 5.75 Å². The van der Waals surface area contributed by atoms with Gasteiger partial charge in [0.2, 0.25) is 5.91 Å². The molecule has 0 aliphatic carbocycles. The van der Waals surface area contributed by atoms with Crippen LogP contribution >= 0.6 is 11.3 Å². The summed E-state index contributed by atoms with van der Waals surface area (Å²) in [7, 11) is 0. The number of hydrogen-bond donors (Lipinski definition) is 0. The summed E-state index contributed by atoms with van der Waals surface area (Å²) in [6.07, 6.45) is -3.90. The minimum atomic E-state index is -4.54. The normalized spacial score (nSPS) is 11.2. The molecule has 34 heavy (non-hydrogen) atoms. The molecule has 1 heterocycles. The third-order valence-corrected chi connectivity index (χ3v) is 5.52. The van der Waals surface area contributed by atoms with E-state index in [1.165, 1.54) is 19.1 Å². The number of esters is 1. The molecule has 0 N–H and O–H groups in total. The van der Waals surface area contributed by atoms with Gasteiger partial charge in [-0.2, -0.15) is 13.2 Å². The van der Waals surface area contributed by atoms with Gasteiger partial charge in [-0.05, 0) is 49.2 Å². The minimum Gasteiger partial charge on any atom is -0.494 e. The number of aryl methyl sites for hydroxylation is 1. The Balaban J connectivity index is 1.53. The first kappa shape index (κ1) is 25.2. The van der Waals surface area contributed by atoms with Gasteiger partial charge in [0.1, 0.15) is 12.4 Å². The Bertz CT molecular complexity index is 1150. The number of alkyl halides is 3. The third kappa shape index (κ3) is 7.05. The van der Waals surface area contributed by atoms with Crippen molar-refractivity contribution in [2.24, 2.45) is 0 Å². The molecule has 0 saturated heterocycles. The van der Waals surface area contributed by atoms with E-state index < -0.39 is 23.6 Å². The summed E-state index contributed by atoms with van der Waals surface area (Å²) >= 11 is 1.07. The van der Waals surface area contributed by atoms with Gasteiger partial charge in [0.15, 0.2) is 5.13 Å². The zero-order valence-corrected chi connectivity index (χ0v) is 19.4. The number of carbonyl (C=O) groups is 2. The van der Waals surface area contributed by atoms with Crippen molar-refractivity contribution >= 4 is 34.0 Å². The van der Waals surface area contributed by atoms with Gasteiger partial charge in [-0.25, -0.2) is 4.98 Å². The van der Waals surface area contributed by atoms with E-state index in [0.29, 0.717) is 18.7 Å². The fourth-order valence-corrected chi connectivity index (χ4v) is 3.92. The first-order valence-corrected chi connectivity index (χ1v) is 11.3. The Kier molecular flexibility index (Phi) is 8.27. The predicted octanol–water partition coefficient (Wildman–Crippen LogP) is 6.06. The number of aromatic nitrogens is 1. The SMILES string of the molecule is CC(=O)N(c1cccc(C(F)(F)F)c1)c1nc(COC(=O)CCCOc2cccc(C)c2)cs1. The number of rotatable bonds is 9. The predicted molar refractivity (Wildman–Crippen MR) is 122 cm³/mol. The maximum atomic E-state index is 13.1. The van der Waals surface area contributed by atoms with E-state index in [0.717, 1.165) is 39.7 Å². The Morgan fingerprint density at radius 3 is 2.59 bits per heavy atom. The van der Waals surface area contributed by atoms with Gasteiger partial charge in [0, 0.05) is 18.7 Å². The number of ether oxygens (including phenoxy) is 2. The number of hydrogen-bond acceptors (Lipinski definition) is 6. The van der Waals surface area contributed by atoms with Crippen LogP contribution < -0.4 is 9.64 Å². The highest BCUT2D eigenvalue weighted by atomic mass is 32.1. The number of amides is 1. The molecule has 6 nitrogen and oxygen atoms in total. The molecule has 1 amide bonds. The molecule has 10 heteroatoms. The summed E-state index contributed by atoms with van der Waals surface area (Å²) in [4.78, 5) is 29.5. The van der Waals surface area contributed by atoms with Gasteiger partial charge in [-0.1, -0.05) is 18.2 Å². The standard InChI is InChI=1S/C24H23F3N2O4S/c1-16-6-3-9-21(12-16)32-11-5-10-22(31)33-14-19-15-34-23(28-19)29(17(2)30)20-8-4-7-18(13-20)24(25,26)27/h3-4,6-9,12-13,15H,5,10-11,14H2,1-2H3. The van der Waals surface area contributed by atoms with Crippen molar-refractivity contribution in [3.8, 4) is 5.75 Å². The van der Waals surface area contributed by atoms with Crippen molar-refractivity contribution in [3.63, 3.8) is 0 Å². The van der Waals surface area contributed by atoms with Crippen LogP contribution in [0.2, 0.25) is 0 Å². The average Bonchev–Trinajstić information content (AvgIpc) is 3.23. The Morgan fingerprint density at radius 2 is 1.88 bits per heavy atom. The molecule has 1 aromatic heterocycles. The molecular weight excluding hydrogens is 469 g/mol. The van der Waals surface area contributed by atoms with E-state index >= 15 is 0 Å². The van der Waals surface area contributed by atoms with Crippen molar-refractivity contribution in [1.29, 1.82) is 0 Å². The smallest absolute Gasteiger partial charge is 0.416 e. The van der Waals surface area contributed by atoms with Crippen molar-refractivity contribution in [3.05, 3.63) is 70.7 Å². The number of benzene rings is 2. The van der Waals surface area contributed by atoms with E-state index in [4.69, 9.17) is 9.47 Å². The van der Waals surface area contributed by atoms with Crippen molar-refractivity contribution < 1.29 is 32.2 Å². The van der Waals surface area contributed by atoms with Crippen LogP contribution in [0.4, 0.5) is 24.0 Å². The Hall–Kier alpha value is -3.40. The van der Waals surface area contributed by atoms with Crippen LogP contribution in [0.15, 0.2) is 53.9 Å². The molecule has 0 unspecified atom stereocenters. The van der Waals surface area contributed by atoms with E-state index in [-0.39, 0.29) is 23.8 Å². The second-order valence-corrected chi connectivity index (χ2v) is 8.29. The summed E-state index contributed by atoms with van der Waals surface area (Å²) in [5, 5.41) is 1.77. The maximum Gasteiger partial charge on any atom is 0.416 e. The third-order valence-electron chi connectivity index (χ3n) is 4.64. The van der Waals surface area contributed by atoms with Crippen LogP contribution in [-0.2, 0) is 27.1 Å². The molecule has 3 aromatic rings. The lowest BCUT2D eigenvalue weighted by Crippen LogP contribution is -2.23. The number of thiazole rings is 1. The molecule has 0 aliphatic heterocycles. The topological polar surface area (TPSA) is 68.7 Å². The highest BCUT2D eigenvalue weighted by Crippen LogP contribution is 2.35. The van der Waals surface area contributed by atoms with Crippen molar-refractivity contribution in [2.75, 3.05) is 11.5 Å². The molecule has 0 spiro atoms. The second kappa shape index (κ2) is 11.1. The highest BCUT2D eigenvalue weighted by molar-refractivity contribution is 7.14. The molecule has 0 bridgehead atoms. The fraction of sp³-hybridized carbons (Fsp3) is 0.292. The summed E-state index contributed by atoms with van der Waals surface area (Å²) in [6.45, 7) is 3.45. The lowest BCUT2D eigenvalue weighted by molar-refractivity contribution is -0.145. The Labute approximate surface area is 198 Å². The lowest BCUT2D eigenvalue weighted by Gasteiger charge is -2.19. The molecular formula is C24H23F3N2O4S. The molecule has 3 rings (SSSR count). The van der Waals surface area contributed by atoms with Crippen molar-refractivity contribution in [1.82, 2.24) is 4.98 Å². The van der Waals surface area contributed by atoms with Crippen LogP contribution in [0, 0.1) is 6.92 Å². The summed E-state index contributed by atoms with van der Waals surface area (Å²) in [6, 6.07) is 12.0. The molecule has 0 fully saturated rings. The van der Waals surface area contributed by atoms with Gasteiger partial charge in [0.25, 0.3) is 0 Å². The van der Waals surface area contributed by atoms with Crippen LogP contribution in [0.3, 0.4) is 0 Å². The van der Waals surface area contributed by atoms with Crippen molar-refractivity contribution in [2.45, 2.75) is 39.5 Å². The summed E-state index contributed by atoms with van der Waals surface area (Å²) in [5.41, 5.74) is 0.653. The maximum absolute atomic E-state index is 13.1. The first-order valence-electron chi connectivity index (χ1n) is 10.4. The van der Waals surface area contributed by atoms with Gasteiger partial charge in [-0.15, -0.1) is 11.3 Å². The molecule has 0 saturated carbocycles. The zero-order chi connectivity index (χ0) is 24.7. The zero-order valence-electron chi connectivity index (χ0n) is 18.6. The quantitative estimate of drug-likeness (QED) is 0.268. The minimum absolute atomic E-state index is 0.0498. The Morgan fingerprint density at radius 1 is 1.12 bits per heavy atom. The summed E-state index contributed by atoms with van der Waals surface area (Å²) < 4.78 is 50.0. The largest absolute Gasteiger partial charge is 0.494 e.